The van der Waals surface area contributed by atoms with E-state index in [2.05, 4.69) is 31.7 Å². The molecule has 0 aliphatic heterocycles. The Morgan fingerprint density at radius 3 is 2.78 bits per heavy atom. The van der Waals surface area contributed by atoms with Crippen molar-refractivity contribution in [1.29, 1.82) is 0 Å². The van der Waals surface area contributed by atoms with Gasteiger partial charge >= 0.3 is 6.01 Å². The van der Waals surface area contributed by atoms with Crippen molar-refractivity contribution in [2.75, 3.05) is 5.32 Å². The predicted octanol–water partition coefficient (Wildman–Crippen LogP) is 2.63. The SMILES string of the molecule is Cn1nc(CNc2nnc(-c3ccncc3)o2)c2ccccc21. The van der Waals surface area contributed by atoms with Crippen molar-refractivity contribution in [2.45, 2.75) is 6.54 Å². The summed E-state index contributed by atoms with van der Waals surface area (Å²) in [6, 6.07) is 12.1. The van der Waals surface area contributed by atoms with E-state index >= 15 is 0 Å². The predicted molar refractivity (Wildman–Crippen MR) is 85.6 cm³/mol. The summed E-state index contributed by atoms with van der Waals surface area (Å²) >= 11 is 0. The topological polar surface area (TPSA) is 81.7 Å². The van der Waals surface area contributed by atoms with Gasteiger partial charge in [-0.25, -0.2) is 0 Å². The zero-order chi connectivity index (χ0) is 15.6. The average Bonchev–Trinajstić information content (AvgIpc) is 3.19. The van der Waals surface area contributed by atoms with E-state index in [0.29, 0.717) is 18.5 Å². The molecule has 23 heavy (non-hydrogen) atoms. The van der Waals surface area contributed by atoms with Crippen LogP contribution in [0.4, 0.5) is 6.01 Å². The van der Waals surface area contributed by atoms with E-state index in [4.69, 9.17) is 4.42 Å². The largest absolute Gasteiger partial charge is 0.403 e. The van der Waals surface area contributed by atoms with Crippen molar-refractivity contribution in [3.63, 3.8) is 0 Å². The lowest BCUT2D eigenvalue weighted by Crippen LogP contribution is -2.01. The fraction of sp³-hybridized carbons (Fsp3) is 0.125. The normalized spacial score (nSPS) is 11.0. The van der Waals surface area contributed by atoms with Crippen molar-refractivity contribution < 1.29 is 4.42 Å². The molecule has 0 saturated heterocycles. The van der Waals surface area contributed by atoms with Crippen molar-refractivity contribution in [1.82, 2.24) is 25.0 Å². The van der Waals surface area contributed by atoms with Gasteiger partial charge in [-0.05, 0) is 18.2 Å². The maximum atomic E-state index is 5.61. The Kier molecular flexibility index (Phi) is 3.23. The molecule has 4 aromatic rings. The van der Waals surface area contributed by atoms with E-state index in [9.17, 15) is 0 Å². The highest BCUT2D eigenvalue weighted by Crippen LogP contribution is 2.21. The van der Waals surface area contributed by atoms with Crippen LogP contribution in [0.5, 0.6) is 0 Å². The van der Waals surface area contributed by atoms with E-state index in [1.807, 2.05) is 42.1 Å². The van der Waals surface area contributed by atoms with E-state index in [1.54, 1.807) is 12.4 Å². The van der Waals surface area contributed by atoms with Crippen LogP contribution in [0.2, 0.25) is 0 Å². The Bertz CT molecular complexity index is 944. The van der Waals surface area contributed by atoms with Crippen LogP contribution < -0.4 is 5.32 Å². The van der Waals surface area contributed by atoms with Gasteiger partial charge in [0.15, 0.2) is 0 Å². The number of pyridine rings is 1. The fourth-order valence-electron chi connectivity index (χ4n) is 2.48. The number of nitrogens with zero attached hydrogens (tertiary/aromatic N) is 5. The maximum absolute atomic E-state index is 5.61. The van der Waals surface area contributed by atoms with Crippen LogP contribution in [0.25, 0.3) is 22.4 Å². The molecule has 0 aliphatic carbocycles. The smallest absolute Gasteiger partial charge is 0.316 e. The van der Waals surface area contributed by atoms with Gasteiger partial charge in [-0.3, -0.25) is 9.67 Å². The van der Waals surface area contributed by atoms with E-state index < -0.39 is 0 Å². The van der Waals surface area contributed by atoms with Crippen LogP contribution in [-0.2, 0) is 13.6 Å². The monoisotopic (exact) mass is 306 g/mol. The first-order valence-electron chi connectivity index (χ1n) is 7.19. The van der Waals surface area contributed by atoms with Gasteiger partial charge in [0.05, 0.1) is 17.8 Å². The Morgan fingerprint density at radius 1 is 1.09 bits per heavy atom. The Labute approximate surface area is 132 Å². The molecule has 0 atom stereocenters. The molecule has 7 heteroatoms. The van der Waals surface area contributed by atoms with Crippen molar-refractivity contribution in [3.8, 4) is 11.5 Å². The number of nitrogens with one attached hydrogen (secondary N) is 1. The third kappa shape index (κ3) is 2.52. The molecule has 0 amide bonds. The maximum Gasteiger partial charge on any atom is 0.316 e. The molecule has 3 aromatic heterocycles. The summed E-state index contributed by atoms with van der Waals surface area (Å²) in [6.45, 7) is 0.513. The molecule has 0 saturated carbocycles. The van der Waals surface area contributed by atoms with Gasteiger partial charge in [-0.1, -0.05) is 23.3 Å². The van der Waals surface area contributed by atoms with Crippen LogP contribution in [0.15, 0.2) is 53.2 Å². The summed E-state index contributed by atoms with van der Waals surface area (Å²) < 4.78 is 7.48. The third-order valence-electron chi connectivity index (χ3n) is 3.59. The molecule has 7 nitrogen and oxygen atoms in total. The second-order valence-corrected chi connectivity index (χ2v) is 5.09. The summed E-state index contributed by atoms with van der Waals surface area (Å²) in [7, 11) is 1.93. The zero-order valence-corrected chi connectivity index (χ0v) is 12.5. The number of rotatable bonds is 4. The molecule has 3 heterocycles. The minimum Gasteiger partial charge on any atom is -0.403 e. The molecule has 0 spiro atoms. The van der Waals surface area contributed by atoms with Crippen molar-refractivity contribution >= 4 is 16.9 Å². The lowest BCUT2D eigenvalue weighted by atomic mass is 10.2. The molecule has 1 N–H and O–H groups in total. The van der Waals surface area contributed by atoms with Crippen LogP contribution >= 0.6 is 0 Å². The molecule has 0 fully saturated rings. The summed E-state index contributed by atoms with van der Waals surface area (Å²) in [5, 5.41) is 16.8. The van der Waals surface area contributed by atoms with E-state index in [1.165, 1.54) is 0 Å². The fourth-order valence-corrected chi connectivity index (χ4v) is 2.48. The van der Waals surface area contributed by atoms with Crippen molar-refractivity contribution in [3.05, 3.63) is 54.5 Å². The molecular formula is C16H14N6O. The molecule has 0 aliphatic rings. The number of fused-ring (bicyclic) bond motifs is 1. The molecule has 0 bridgehead atoms. The number of hydrogen-bond donors (Lipinski definition) is 1. The third-order valence-corrected chi connectivity index (χ3v) is 3.59. The second kappa shape index (κ2) is 5.53. The average molecular weight is 306 g/mol. The molecule has 4 rings (SSSR count). The van der Waals surface area contributed by atoms with Crippen LogP contribution in [-0.4, -0.2) is 25.0 Å². The minimum atomic E-state index is 0.367. The molecule has 1 aromatic carbocycles. The first kappa shape index (κ1) is 13.4. The number of para-hydroxylation sites is 1. The number of aryl methyl sites for hydroxylation is 1. The van der Waals surface area contributed by atoms with Gasteiger partial charge in [0, 0.05) is 30.4 Å². The lowest BCUT2D eigenvalue weighted by molar-refractivity contribution is 0.580. The first-order chi connectivity index (χ1) is 11.3. The highest BCUT2D eigenvalue weighted by molar-refractivity contribution is 5.82. The molecule has 0 unspecified atom stereocenters. The van der Waals surface area contributed by atoms with Gasteiger partial charge in [0.25, 0.3) is 0 Å². The number of aromatic nitrogens is 5. The number of anilines is 1. The highest BCUT2D eigenvalue weighted by Gasteiger charge is 2.11. The van der Waals surface area contributed by atoms with Gasteiger partial charge in [0.2, 0.25) is 5.89 Å². The summed E-state index contributed by atoms with van der Waals surface area (Å²) in [6.07, 6.45) is 3.37. The minimum absolute atomic E-state index is 0.367. The van der Waals surface area contributed by atoms with Gasteiger partial charge in [-0.15, -0.1) is 5.10 Å². The summed E-state index contributed by atoms with van der Waals surface area (Å²) in [5.41, 5.74) is 2.86. The molecule has 0 radical (unpaired) electrons. The van der Waals surface area contributed by atoms with Crippen molar-refractivity contribution in [2.24, 2.45) is 7.05 Å². The Morgan fingerprint density at radius 2 is 1.91 bits per heavy atom. The highest BCUT2D eigenvalue weighted by atomic mass is 16.4. The Hall–Kier alpha value is -3.22. The van der Waals surface area contributed by atoms with Crippen LogP contribution in [0, 0.1) is 0 Å². The molecular weight excluding hydrogens is 292 g/mol. The van der Waals surface area contributed by atoms with E-state index in [0.717, 1.165) is 22.2 Å². The van der Waals surface area contributed by atoms with Crippen LogP contribution in [0.3, 0.4) is 0 Å². The summed E-state index contributed by atoms with van der Waals surface area (Å²) in [5.74, 6) is 0.459. The van der Waals surface area contributed by atoms with Gasteiger partial charge in [-0.2, -0.15) is 5.10 Å². The zero-order valence-electron chi connectivity index (χ0n) is 12.5. The lowest BCUT2D eigenvalue weighted by Gasteiger charge is -1.98. The van der Waals surface area contributed by atoms with E-state index in [-0.39, 0.29) is 0 Å². The number of benzene rings is 1. The first-order valence-corrected chi connectivity index (χ1v) is 7.19. The Balaban J connectivity index is 1.54. The number of hydrogen-bond acceptors (Lipinski definition) is 6. The second-order valence-electron chi connectivity index (χ2n) is 5.09. The summed E-state index contributed by atoms with van der Waals surface area (Å²) in [4.78, 5) is 3.97. The van der Waals surface area contributed by atoms with Crippen LogP contribution in [0.1, 0.15) is 5.69 Å². The molecule has 114 valence electrons. The van der Waals surface area contributed by atoms with Gasteiger partial charge in [0.1, 0.15) is 0 Å². The standard InChI is InChI=1S/C16H14N6O/c1-22-14-5-3-2-4-12(14)13(21-22)10-18-16-20-19-15(23-16)11-6-8-17-9-7-11/h2-9H,10H2,1H3,(H,18,20). The quantitative estimate of drug-likeness (QED) is 0.624. The van der Waals surface area contributed by atoms with Gasteiger partial charge < -0.3 is 9.73 Å².